The minimum atomic E-state index is 0.521. The maximum absolute atomic E-state index is 6.30. The van der Waals surface area contributed by atoms with Crippen molar-refractivity contribution in [3.63, 3.8) is 0 Å². The third-order valence-electron chi connectivity index (χ3n) is 4.72. The van der Waals surface area contributed by atoms with Gasteiger partial charge in [-0.3, -0.25) is 4.40 Å². The summed E-state index contributed by atoms with van der Waals surface area (Å²) in [4.78, 5) is 16.1. The highest BCUT2D eigenvalue weighted by molar-refractivity contribution is 6.39. The summed E-state index contributed by atoms with van der Waals surface area (Å²) in [5, 5.41) is 4.29. The number of halogens is 2. The fourth-order valence-corrected chi connectivity index (χ4v) is 3.80. The normalized spacial score (nSPS) is 14.7. The Balaban J connectivity index is 1.62. The molecular weight excluding hydrogens is 399 g/mol. The summed E-state index contributed by atoms with van der Waals surface area (Å²) >= 11 is 12.6. The molecule has 4 heterocycles. The third kappa shape index (κ3) is 3.01. The number of hydrogen-bond donors (Lipinski definition) is 1. The lowest BCUT2D eigenvalue weighted by Gasteiger charge is -2.27. The molecule has 0 radical (unpaired) electrons. The van der Waals surface area contributed by atoms with Crippen molar-refractivity contribution in [2.45, 2.75) is 0 Å². The number of hydrogen-bond acceptors (Lipinski definition) is 6. The van der Waals surface area contributed by atoms with Gasteiger partial charge in [-0.2, -0.15) is 0 Å². The molecule has 4 aromatic rings. The van der Waals surface area contributed by atoms with Gasteiger partial charge in [0, 0.05) is 13.1 Å². The molecule has 7 nitrogen and oxygen atoms in total. The zero-order valence-electron chi connectivity index (χ0n) is 14.8. The highest BCUT2D eigenvalue weighted by atomic mass is 35.5. The van der Waals surface area contributed by atoms with Crippen LogP contribution in [0, 0.1) is 0 Å². The molecule has 1 aliphatic rings. The molecular formula is C19H16Cl2N6O. The first-order valence-electron chi connectivity index (χ1n) is 8.87. The first-order valence-corrected chi connectivity index (χ1v) is 9.63. The van der Waals surface area contributed by atoms with E-state index < -0.39 is 0 Å². The minimum Gasteiger partial charge on any atom is -0.378 e. The number of nitrogens with zero attached hydrogens (tertiary/aromatic N) is 5. The predicted molar refractivity (Wildman–Crippen MR) is 111 cm³/mol. The number of imidazole rings is 1. The fourth-order valence-electron chi connectivity index (χ4n) is 3.31. The van der Waals surface area contributed by atoms with Gasteiger partial charge >= 0.3 is 0 Å². The van der Waals surface area contributed by atoms with Crippen molar-refractivity contribution < 1.29 is 4.74 Å². The highest BCUT2D eigenvalue weighted by Crippen LogP contribution is 2.34. The molecule has 0 unspecified atom stereocenters. The van der Waals surface area contributed by atoms with Crippen molar-refractivity contribution in [3.05, 3.63) is 52.9 Å². The molecule has 1 fully saturated rings. The highest BCUT2D eigenvalue weighted by Gasteiger charge is 2.16. The summed E-state index contributed by atoms with van der Waals surface area (Å²) in [6.07, 6.45) is 3.47. The smallest absolute Gasteiger partial charge is 0.166 e. The van der Waals surface area contributed by atoms with Gasteiger partial charge in [0.1, 0.15) is 23.2 Å². The second kappa shape index (κ2) is 7.09. The Bertz CT molecular complexity index is 1150. The molecule has 0 aliphatic carbocycles. The predicted octanol–water partition coefficient (Wildman–Crippen LogP) is 4.16. The second-order valence-electron chi connectivity index (χ2n) is 6.44. The first kappa shape index (κ1) is 17.5. The van der Waals surface area contributed by atoms with Crippen LogP contribution in [0.3, 0.4) is 0 Å². The molecule has 3 aromatic heterocycles. The van der Waals surface area contributed by atoms with Crippen LogP contribution in [0.4, 0.5) is 17.3 Å². The number of benzene rings is 1. The number of ether oxygens (including phenoxy) is 1. The van der Waals surface area contributed by atoms with E-state index in [4.69, 9.17) is 37.9 Å². The van der Waals surface area contributed by atoms with Crippen LogP contribution >= 0.6 is 23.2 Å². The van der Waals surface area contributed by atoms with Gasteiger partial charge in [-0.05, 0) is 24.3 Å². The Kier molecular flexibility index (Phi) is 4.43. The zero-order chi connectivity index (χ0) is 19.1. The maximum atomic E-state index is 6.30. The molecule has 1 N–H and O–H groups in total. The molecule has 0 spiro atoms. The van der Waals surface area contributed by atoms with Gasteiger partial charge in [-0.25, -0.2) is 15.0 Å². The van der Waals surface area contributed by atoms with Crippen molar-refractivity contribution in [1.29, 1.82) is 0 Å². The summed E-state index contributed by atoms with van der Waals surface area (Å²) in [6.45, 7) is 3.06. The molecule has 142 valence electrons. The molecule has 5 rings (SSSR count). The Morgan fingerprint density at radius 3 is 2.57 bits per heavy atom. The van der Waals surface area contributed by atoms with Crippen LogP contribution in [-0.4, -0.2) is 45.7 Å². The van der Waals surface area contributed by atoms with Crippen LogP contribution in [0.1, 0.15) is 0 Å². The quantitative estimate of drug-likeness (QED) is 0.542. The largest absolute Gasteiger partial charge is 0.378 e. The second-order valence-corrected chi connectivity index (χ2v) is 7.26. The van der Waals surface area contributed by atoms with Crippen molar-refractivity contribution in [3.8, 4) is 0 Å². The number of morpholine rings is 1. The SMILES string of the molecule is Clc1cccc(Cl)c1Nc1nc2ccc(N3CCOCC3)nc2n2cncc12. The van der Waals surface area contributed by atoms with Crippen LogP contribution < -0.4 is 10.2 Å². The lowest BCUT2D eigenvalue weighted by Crippen LogP contribution is -2.36. The average molecular weight is 415 g/mol. The van der Waals surface area contributed by atoms with Crippen LogP contribution in [0.25, 0.3) is 16.7 Å². The molecule has 0 atom stereocenters. The summed E-state index contributed by atoms with van der Waals surface area (Å²) in [5.41, 5.74) is 2.88. The molecule has 1 aromatic carbocycles. The van der Waals surface area contributed by atoms with Gasteiger partial charge in [-0.1, -0.05) is 29.3 Å². The van der Waals surface area contributed by atoms with Gasteiger partial charge in [0.15, 0.2) is 11.5 Å². The first-order chi connectivity index (χ1) is 13.7. The van der Waals surface area contributed by atoms with Crippen LogP contribution in [0.2, 0.25) is 10.0 Å². The molecule has 1 saturated heterocycles. The van der Waals surface area contributed by atoms with E-state index in [1.54, 1.807) is 30.7 Å². The van der Waals surface area contributed by atoms with Crippen molar-refractivity contribution in [2.24, 2.45) is 0 Å². The minimum absolute atomic E-state index is 0.521. The van der Waals surface area contributed by atoms with E-state index in [0.717, 1.165) is 35.6 Å². The van der Waals surface area contributed by atoms with E-state index in [1.165, 1.54) is 0 Å². The van der Waals surface area contributed by atoms with Gasteiger partial charge < -0.3 is 15.0 Å². The van der Waals surface area contributed by atoms with Crippen LogP contribution in [-0.2, 0) is 4.74 Å². The topological polar surface area (TPSA) is 67.6 Å². The Morgan fingerprint density at radius 2 is 1.79 bits per heavy atom. The van der Waals surface area contributed by atoms with Crippen molar-refractivity contribution in [2.75, 3.05) is 36.5 Å². The Hall–Kier alpha value is -2.61. The van der Waals surface area contributed by atoms with Gasteiger partial charge in [0.25, 0.3) is 0 Å². The van der Waals surface area contributed by atoms with E-state index >= 15 is 0 Å². The Labute approximate surface area is 170 Å². The molecule has 0 bridgehead atoms. The van der Waals surface area contributed by atoms with E-state index in [9.17, 15) is 0 Å². The van der Waals surface area contributed by atoms with Gasteiger partial charge in [0.05, 0.1) is 35.1 Å². The standard InChI is InChI=1S/C19H16Cl2N6O/c20-12-2-1-3-13(21)17(12)25-18-15-10-22-11-27(15)19-14(23-18)4-5-16(24-19)26-6-8-28-9-7-26/h1-5,10-11H,6-9H2,(H,23,25). The monoisotopic (exact) mass is 414 g/mol. The molecule has 0 saturated carbocycles. The number of fused-ring (bicyclic) bond motifs is 3. The van der Waals surface area contributed by atoms with Gasteiger partial charge in [0.2, 0.25) is 0 Å². The zero-order valence-corrected chi connectivity index (χ0v) is 16.3. The number of aromatic nitrogens is 4. The fraction of sp³-hybridized carbons (Fsp3) is 0.211. The van der Waals surface area contributed by atoms with Crippen molar-refractivity contribution >= 4 is 57.2 Å². The maximum Gasteiger partial charge on any atom is 0.166 e. The van der Waals surface area contributed by atoms with Crippen molar-refractivity contribution in [1.82, 2.24) is 19.4 Å². The molecule has 0 amide bonds. The third-order valence-corrected chi connectivity index (χ3v) is 5.35. The molecule has 1 aliphatic heterocycles. The number of anilines is 3. The summed E-state index contributed by atoms with van der Waals surface area (Å²) in [5.74, 6) is 1.52. The molecule has 9 heteroatoms. The summed E-state index contributed by atoms with van der Waals surface area (Å²) in [7, 11) is 0. The Morgan fingerprint density at radius 1 is 1.00 bits per heavy atom. The van der Waals surface area contributed by atoms with Crippen LogP contribution in [0.15, 0.2) is 42.9 Å². The molecule has 28 heavy (non-hydrogen) atoms. The number of rotatable bonds is 3. The lowest BCUT2D eigenvalue weighted by molar-refractivity contribution is 0.122. The number of pyridine rings is 1. The van der Waals surface area contributed by atoms with E-state index in [2.05, 4.69) is 15.2 Å². The van der Waals surface area contributed by atoms with E-state index in [1.807, 2.05) is 16.5 Å². The average Bonchev–Trinajstić information content (AvgIpc) is 3.22. The summed E-state index contributed by atoms with van der Waals surface area (Å²) in [6, 6.07) is 9.30. The van der Waals surface area contributed by atoms with Crippen LogP contribution in [0.5, 0.6) is 0 Å². The summed E-state index contributed by atoms with van der Waals surface area (Å²) < 4.78 is 7.35. The van der Waals surface area contributed by atoms with E-state index in [-0.39, 0.29) is 0 Å². The van der Waals surface area contributed by atoms with E-state index in [0.29, 0.717) is 34.8 Å². The number of nitrogens with one attached hydrogen (secondary N) is 1. The van der Waals surface area contributed by atoms with Gasteiger partial charge in [-0.15, -0.1) is 0 Å². The number of para-hydroxylation sites is 1. The lowest BCUT2D eigenvalue weighted by atomic mass is 10.3.